The van der Waals surface area contributed by atoms with E-state index in [0.717, 1.165) is 0 Å². The molecule has 2 aromatic carbocycles. The van der Waals surface area contributed by atoms with Crippen molar-refractivity contribution in [2.24, 2.45) is 0 Å². The van der Waals surface area contributed by atoms with Crippen molar-refractivity contribution in [2.75, 3.05) is 0 Å². The van der Waals surface area contributed by atoms with Gasteiger partial charge in [0.05, 0.1) is 11.1 Å². The van der Waals surface area contributed by atoms with E-state index in [1.807, 2.05) is 0 Å². The van der Waals surface area contributed by atoms with Crippen LogP contribution in [0.3, 0.4) is 0 Å². The summed E-state index contributed by atoms with van der Waals surface area (Å²) in [6.07, 6.45) is -7.45. The molecule has 2 aromatic rings. The Morgan fingerprint density at radius 2 is 1.19 bits per heavy atom. The zero-order valence-corrected chi connectivity index (χ0v) is 17.1. The van der Waals surface area contributed by atoms with Crippen molar-refractivity contribution in [1.82, 2.24) is 0 Å². The number of aliphatic hydroxyl groups excluding tert-OH is 2. The molecule has 6 atom stereocenters. The molecule has 1 aliphatic heterocycles. The monoisotopic (exact) mass is 428 g/mol. The Labute approximate surface area is 179 Å². The van der Waals surface area contributed by atoms with E-state index in [9.17, 15) is 19.8 Å². The third kappa shape index (κ3) is 4.33. The molecule has 1 saturated heterocycles. The first-order valence-electron chi connectivity index (χ1n) is 10.0. The van der Waals surface area contributed by atoms with Gasteiger partial charge in [0.15, 0.2) is 18.0 Å². The van der Waals surface area contributed by atoms with Crippen molar-refractivity contribution in [2.45, 2.75) is 56.3 Å². The number of carbonyl (C=O) groups is 2. The second-order valence-corrected chi connectivity index (χ2v) is 8.02. The molecule has 1 heterocycles. The molecule has 0 amide bonds. The highest BCUT2D eigenvalue weighted by Gasteiger charge is 2.60. The van der Waals surface area contributed by atoms with Crippen LogP contribution in [0, 0.1) is 0 Å². The standard InChI is InChI=1S/C23H24O8/c1-23(2)30-19-16(25)17(28-21(26)13-9-5-3-6-10-13)15(24)18(20(19)31-23)29-22(27)14-11-7-4-8-12-14/h3-12,15-20,24-25H,1-2H3/t15-,16+,17-,18+,19-,20+/m0/s1. The molecule has 164 valence electrons. The van der Waals surface area contributed by atoms with Gasteiger partial charge in [-0.3, -0.25) is 0 Å². The molecule has 0 aromatic heterocycles. The van der Waals surface area contributed by atoms with Gasteiger partial charge in [0, 0.05) is 0 Å². The van der Waals surface area contributed by atoms with Crippen LogP contribution in [0.5, 0.6) is 0 Å². The third-order valence-electron chi connectivity index (χ3n) is 5.34. The van der Waals surface area contributed by atoms with E-state index in [1.54, 1.807) is 74.5 Å². The van der Waals surface area contributed by atoms with E-state index < -0.39 is 54.3 Å². The number of aliphatic hydroxyl groups is 2. The van der Waals surface area contributed by atoms with Gasteiger partial charge >= 0.3 is 11.9 Å². The summed E-state index contributed by atoms with van der Waals surface area (Å²) >= 11 is 0. The summed E-state index contributed by atoms with van der Waals surface area (Å²) in [6.45, 7) is 3.29. The maximum absolute atomic E-state index is 12.6. The third-order valence-corrected chi connectivity index (χ3v) is 5.34. The molecule has 0 unspecified atom stereocenters. The first-order chi connectivity index (χ1) is 14.8. The largest absolute Gasteiger partial charge is 0.453 e. The molecule has 0 radical (unpaired) electrons. The van der Waals surface area contributed by atoms with E-state index in [4.69, 9.17) is 18.9 Å². The second kappa shape index (κ2) is 8.39. The molecular formula is C23H24O8. The second-order valence-electron chi connectivity index (χ2n) is 8.02. The lowest BCUT2D eigenvalue weighted by molar-refractivity contribution is -0.193. The summed E-state index contributed by atoms with van der Waals surface area (Å²) < 4.78 is 22.6. The minimum atomic E-state index is -1.53. The number of hydrogen-bond donors (Lipinski definition) is 2. The van der Waals surface area contributed by atoms with Gasteiger partial charge < -0.3 is 29.2 Å². The van der Waals surface area contributed by atoms with Crippen molar-refractivity contribution >= 4 is 11.9 Å². The number of carbonyl (C=O) groups excluding carboxylic acids is 2. The van der Waals surface area contributed by atoms with Gasteiger partial charge in [-0.2, -0.15) is 0 Å². The fourth-order valence-electron chi connectivity index (χ4n) is 3.91. The molecule has 8 heteroatoms. The number of ether oxygens (including phenoxy) is 4. The van der Waals surface area contributed by atoms with Gasteiger partial charge in [0.25, 0.3) is 0 Å². The predicted molar refractivity (Wildman–Crippen MR) is 107 cm³/mol. The zero-order valence-electron chi connectivity index (χ0n) is 17.1. The Bertz CT molecular complexity index is 929. The summed E-state index contributed by atoms with van der Waals surface area (Å²) in [5.74, 6) is -2.50. The lowest BCUT2D eigenvalue weighted by Crippen LogP contribution is -2.64. The van der Waals surface area contributed by atoms with Gasteiger partial charge in [0.2, 0.25) is 0 Å². The highest BCUT2D eigenvalue weighted by molar-refractivity contribution is 5.90. The van der Waals surface area contributed by atoms with Crippen molar-refractivity contribution in [3.05, 3.63) is 71.8 Å². The normalized spacial score (nSPS) is 31.5. The lowest BCUT2D eigenvalue weighted by Gasteiger charge is -2.42. The van der Waals surface area contributed by atoms with Crippen LogP contribution in [0.15, 0.2) is 60.7 Å². The summed E-state index contributed by atoms with van der Waals surface area (Å²) in [5.41, 5.74) is 0.541. The molecule has 1 aliphatic carbocycles. The summed E-state index contributed by atoms with van der Waals surface area (Å²) in [6, 6.07) is 16.5. The molecule has 31 heavy (non-hydrogen) atoms. The molecule has 4 rings (SSSR count). The van der Waals surface area contributed by atoms with Crippen LogP contribution in [-0.2, 0) is 18.9 Å². The highest BCUT2D eigenvalue weighted by Crippen LogP contribution is 2.40. The zero-order chi connectivity index (χ0) is 22.2. The van der Waals surface area contributed by atoms with Crippen LogP contribution < -0.4 is 0 Å². The number of benzene rings is 2. The molecule has 1 saturated carbocycles. The molecule has 0 bridgehead atoms. The molecule has 2 aliphatic rings. The summed E-state index contributed by atoms with van der Waals surface area (Å²) in [7, 11) is 0. The Morgan fingerprint density at radius 1 is 0.742 bits per heavy atom. The maximum Gasteiger partial charge on any atom is 0.338 e. The van der Waals surface area contributed by atoms with Gasteiger partial charge in [-0.05, 0) is 38.1 Å². The topological polar surface area (TPSA) is 112 Å². The molecule has 2 fully saturated rings. The van der Waals surface area contributed by atoms with Crippen molar-refractivity contribution < 1.29 is 38.7 Å². The van der Waals surface area contributed by atoms with Gasteiger partial charge in [-0.25, -0.2) is 9.59 Å². The summed E-state index contributed by atoms with van der Waals surface area (Å²) in [5, 5.41) is 21.8. The van der Waals surface area contributed by atoms with Crippen LogP contribution in [0.4, 0.5) is 0 Å². The molecular weight excluding hydrogens is 404 g/mol. The predicted octanol–water partition coefficient (Wildman–Crippen LogP) is 1.69. The minimum absolute atomic E-state index is 0.255. The fraction of sp³-hybridized carbons (Fsp3) is 0.391. The summed E-state index contributed by atoms with van der Waals surface area (Å²) in [4.78, 5) is 25.2. The minimum Gasteiger partial charge on any atom is -0.453 e. The van der Waals surface area contributed by atoms with E-state index >= 15 is 0 Å². The van der Waals surface area contributed by atoms with Crippen molar-refractivity contribution in [1.29, 1.82) is 0 Å². The Balaban J connectivity index is 1.59. The Hall–Kier alpha value is -2.78. The Morgan fingerprint density at radius 3 is 1.71 bits per heavy atom. The van der Waals surface area contributed by atoms with Crippen LogP contribution in [0.25, 0.3) is 0 Å². The van der Waals surface area contributed by atoms with Crippen LogP contribution in [0.1, 0.15) is 34.6 Å². The first kappa shape index (κ1) is 21.5. The molecule has 8 nitrogen and oxygen atoms in total. The van der Waals surface area contributed by atoms with Gasteiger partial charge in [-0.15, -0.1) is 0 Å². The van der Waals surface area contributed by atoms with E-state index in [2.05, 4.69) is 0 Å². The van der Waals surface area contributed by atoms with Crippen molar-refractivity contribution in [3.63, 3.8) is 0 Å². The quantitative estimate of drug-likeness (QED) is 0.708. The smallest absolute Gasteiger partial charge is 0.338 e. The average molecular weight is 428 g/mol. The maximum atomic E-state index is 12.6. The average Bonchev–Trinajstić information content (AvgIpc) is 3.10. The van der Waals surface area contributed by atoms with Gasteiger partial charge in [0.1, 0.15) is 24.4 Å². The molecule has 0 spiro atoms. The SMILES string of the molecule is CC1(C)O[C@@H]2[C@H](OC(=O)c3ccccc3)[C@@H](O)[C@H](OC(=O)c3ccccc3)[C@@H](O)[C@@H]2O1. The lowest BCUT2D eigenvalue weighted by atomic mass is 9.84. The van der Waals surface area contributed by atoms with E-state index in [-0.39, 0.29) is 11.1 Å². The highest BCUT2D eigenvalue weighted by atomic mass is 16.8. The van der Waals surface area contributed by atoms with Crippen LogP contribution >= 0.6 is 0 Å². The fourth-order valence-corrected chi connectivity index (χ4v) is 3.91. The van der Waals surface area contributed by atoms with E-state index in [0.29, 0.717) is 0 Å². The Kier molecular flexibility index (Phi) is 5.81. The van der Waals surface area contributed by atoms with Gasteiger partial charge in [-0.1, -0.05) is 36.4 Å². The van der Waals surface area contributed by atoms with Crippen LogP contribution in [-0.4, -0.2) is 64.6 Å². The van der Waals surface area contributed by atoms with Crippen molar-refractivity contribution in [3.8, 4) is 0 Å². The number of esters is 2. The van der Waals surface area contributed by atoms with E-state index in [1.165, 1.54) is 0 Å². The van der Waals surface area contributed by atoms with Crippen LogP contribution in [0.2, 0.25) is 0 Å². The first-order valence-corrected chi connectivity index (χ1v) is 10.0. The number of hydrogen-bond acceptors (Lipinski definition) is 8. The number of fused-ring (bicyclic) bond motifs is 1. The molecule has 2 N–H and O–H groups in total. The number of rotatable bonds is 4.